The molecule has 2 aromatic carbocycles. The predicted octanol–water partition coefficient (Wildman–Crippen LogP) is 3.11. The van der Waals surface area contributed by atoms with Crippen LogP contribution in [-0.2, 0) is 20.1 Å². The summed E-state index contributed by atoms with van der Waals surface area (Å²) in [5.74, 6) is -0.631. The van der Waals surface area contributed by atoms with Crippen molar-refractivity contribution in [2.24, 2.45) is 12.8 Å². The lowest BCUT2D eigenvalue weighted by Crippen LogP contribution is -2.41. The number of nitrogens with one attached hydrogen (secondary N) is 1. The summed E-state index contributed by atoms with van der Waals surface area (Å²) in [7, 11) is 1.80. The van der Waals surface area contributed by atoms with Crippen LogP contribution in [0.15, 0.2) is 42.6 Å². The van der Waals surface area contributed by atoms with Crippen LogP contribution in [0.5, 0.6) is 0 Å². The minimum atomic E-state index is -0.631. The Labute approximate surface area is 199 Å². The van der Waals surface area contributed by atoms with Crippen molar-refractivity contribution in [1.29, 1.82) is 5.26 Å². The molecule has 0 saturated heterocycles. The van der Waals surface area contributed by atoms with Gasteiger partial charge < -0.3 is 16.0 Å². The third-order valence-electron chi connectivity index (χ3n) is 5.84. The number of hydrogen-bond donors (Lipinski definition) is 2. The Bertz CT molecular complexity index is 1500. The molecule has 0 saturated carbocycles. The number of benzene rings is 2. The second-order valence-electron chi connectivity index (χ2n) is 7.96. The summed E-state index contributed by atoms with van der Waals surface area (Å²) in [6, 6.07) is 11.9. The number of nitriles is 1. The first-order valence-electron chi connectivity index (χ1n) is 10.4. The molecule has 3 heterocycles. The molecular weight excluding hydrogens is 456 g/mol. The monoisotopic (exact) mass is 474 g/mol. The third-order valence-corrected chi connectivity index (χ3v) is 6.13. The second-order valence-corrected chi connectivity index (χ2v) is 8.37. The number of rotatable bonds is 3. The molecule has 0 unspecified atom stereocenters. The first-order valence-corrected chi connectivity index (χ1v) is 10.8. The summed E-state index contributed by atoms with van der Waals surface area (Å²) in [5.41, 5.74) is 9.50. The van der Waals surface area contributed by atoms with Gasteiger partial charge in [0.1, 0.15) is 5.69 Å². The zero-order valence-electron chi connectivity index (χ0n) is 18.1. The van der Waals surface area contributed by atoms with Crippen molar-refractivity contribution in [2.75, 3.05) is 11.9 Å². The molecule has 11 heteroatoms. The van der Waals surface area contributed by atoms with Gasteiger partial charge >= 0.3 is 6.03 Å². The first-order chi connectivity index (χ1) is 16.4. The summed E-state index contributed by atoms with van der Waals surface area (Å²) in [5, 5.41) is 21.9. The van der Waals surface area contributed by atoms with Gasteiger partial charge in [0, 0.05) is 30.2 Å². The number of hydrogen-bond acceptors (Lipinski definition) is 5. The van der Waals surface area contributed by atoms with E-state index in [0.29, 0.717) is 46.3 Å². The summed E-state index contributed by atoms with van der Waals surface area (Å²) < 4.78 is 3.39. The number of amides is 3. The highest BCUT2D eigenvalue weighted by Gasteiger charge is 2.30. The highest BCUT2D eigenvalue weighted by atomic mass is 35.5. The van der Waals surface area contributed by atoms with E-state index in [2.05, 4.69) is 15.5 Å². The number of halogens is 1. The Morgan fingerprint density at radius 1 is 1.21 bits per heavy atom. The van der Waals surface area contributed by atoms with Crippen molar-refractivity contribution in [3.63, 3.8) is 0 Å². The van der Waals surface area contributed by atoms with Crippen LogP contribution < -0.4 is 11.1 Å². The molecule has 0 aliphatic carbocycles. The Hall–Kier alpha value is -4.36. The molecule has 1 aliphatic rings. The fraction of sp³-hybridized carbons (Fsp3) is 0.174. The number of urea groups is 1. The minimum Gasteiger partial charge on any atom is -0.365 e. The van der Waals surface area contributed by atoms with Crippen LogP contribution in [0.1, 0.15) is 21.6 Å². The van der Waals surface area contributed by atoms with Gasteiger partial charge in [-0.05, 0) is 36.4 Å². The van der Waals surface area contributed by atoms with Crippen LogP contribution in [0.25, 0.3) is 22.2 Å². The van der Waals surface area contributed by atoms with Crippen molar-refractivity contribution in [2.45, 2.75) is 13.1 Å². The molecule has 170 valence electrons. The van der Waals surface area contributed by atoms with Gasteiger partial charge in [-0.15, -0.1) is 0 Å². The van der Waals surface area contributed by atoms with Crippen LogP contribution in [0, 0.1) is 11.3 Å². The summed E-state index contributed by atoms with van der Waals surface area (Å²) in [6.07, 6.45) is 1.69. The zero-order chi connectivity index (χ0) is 24.0. The molecule has 4 aromatic rings. The maximum Gasteiger partial charge on any atom is 0.322 e. The van der Waals surface area contributed by atoms with Gasteiger partial charge in [0.2, 0.25) is 0 Å². The van der Waals surface area contributed by atoms with Crippen molar-refractivity contribution in [3.8, 4) is 17.3 Å². The molecule has 3 N–H and O–H groups in total. The lowest BCUT2D eigenvalue weighted by Gasteiger charge is -2.28. The Balaban J connectivity index is 1.47. The third kappa shape index (κ3) is 3.62. The normalized spacial score (nSPS) is 12.9. The number of carbonyl (C=O) groups excluding carboxylic acids is 2. The Morgan fingerprint density at radius 2 is 1.97 bits per heavy atom. The molecule has 0 fully saturated rings. The van der Waals surface area contributed by atoms with E-state index in [1.165, 1.54) is 0 Å². The molecule has 34 heavy (non-hydrogen) atoms. The van der Waals surface area contributed by atoms with Crippen LogP contribution in [0.3, 0.4) is 0 Å². The number of anilines is 1. The maximum absolute atomic E-state index is 12.9. The Morgan fingerprint density at radius 3 is 2.68 bits per heavy atom. The lowest BCUT2D eigenvalue weighted by molar-refractivity contribution is 0.0997. The van der Waals surface area contributed by atoms with Gasteiger partial charge in [-0.2, -0.15) is 15.5 Å². The SMILES string of the molecule is Cn1ncc2cc(-c3nn4c(c3C(N)=O)CN(C(=O)Nc3ccc(C#N)cc3)CC4)cc(Cl)c21. The van der Waals surface area contributed by atoms with Crippen LogP contribution in [-0.4, -0.2) is 42.9 Å². The molecule has 1 aliphatic heterocycles. The standard InChI is InChI=1S/C23H19ClN8O2/c1-30-21-15(11-27-30)8-14(9-17(21)24)20-19(22(26)33)18-12-31(6-7-32(18)29-20)23(34)28-16-4-2-13(10-25)3-5-16/h2-5,8-9,11H,6-7,12H2,1H3,(H2,26,33)(H,28,34). The maximum atomic E-state index is 12.9. The Kier molecular flexibility index (Phi) is 5.18. The number of nitrogens with two attached hydrogens (primary N) is 1. The van der Waals surface area contributed by atoms with Crippen molar-refractivity contribution < 1.29 is 9.59 Å². The quantitative estimate of drug-likeness (QED) is 0.470. The van der Waals surface area contributed by atoms with E-state index >= 15 is 0 Å². The fourth-order valence-electron chi connectivity index (χ4n) is 4.19. The molecule has 0 bridgehead atoms. The van der Waals surface area contributed by atoms with Gasteiger partial charge in [0.25, 0.3) is 5.91 Å². The van der Waals surface area contributed by atoms with Gasteiger partial charge in [0.05, 0.1) is 52.7 Å². The van der Waals surface area contributed by atoms with Crippen LogP contribution in [0.4, 0.5) is 10.5 Å². The van der Waals surface area contributed by atoms with E-state index in [9.17, 15) is 9.59 Å². The smallest absolute Gasteiger partial charge is 0.322 e. The number of primary amides is 1. The largest absolute Gasteiger partial charge is 0.365 e. The number of aromatic nitrogens is 4. The van der Waals surface area contributed by atoms with Crippen molar-refractivity contribution in [3.05, 3.63) is 64.4 Å². The molecule has 2 aromatic heterocycles. The summed E-state index contributed by atoms with van der Waals surface area (Å²) in [4.78, 5) is 26.9. The molecule has 0 radical (unpaired) electrons. The topological polar surface area (TPSA) is 135 Å². The van der Waals surface area contributed by atoms with Crippen molar-refractivity contribution >= 4 is 40.1 Å². The highest BCUT2D eigenvalue weighted by molar-refractivity contribution is 6.35. The summed E-state index contributed by atoms with van der Waals surface area (Å²) in [6.45, 7) is 0.965. The van der Waals surface area contributed by atoms with Gasteiger partial charge in [-0.1, -0.05) is 11.6 Å². The number of carbonyl (C=O) groups is 2. The van der Waals surface area contributed by atoms with Gasteiger partial charge in [-0.3, -0.25) is 14.2 Å². The average Bonchev–Trinajstić information content (AvgIpc) is 3.40. The van der Waals surface area contributed by atoms with Crippen LogP contribution in [0.2, 0.25) is 5.02 Å². The number of fused-ring (bicyclic) bond motifs is 2. The molecular formula is C23H19ClN8O2. The molecule has 5 rings (SSSR count). The lowest BCUT2D eigenvalue weighted by atomic mass is 10.0. The average molecular weight is 475 g/mol. The fourth-order valence-corrected chi connectivity index (χ4v) is 4.54. The summed E-state index contributed by atoms with van der Waals surface area (Å²) >= 11 is 6.49. The van der Waals surface area contributed by atoms with E-state index in [1.807, 2.05) is 12.1 Å². The first kappa shape index (κ1) is 21.5. The van der Waals surface area contributed by atoms with E-state index in [0.717, 1.165) is 10.9 Å². The van der Waals surface area contributed by atoms with Crippen molar-refractivity contribution in [1.82, 2.24) is 24.5 Å². The zero-order valence-corrected chi connectivity index (χ0v) is 18.9. The minimum absolute atomic E-state index is 0.163. The molecule has 0 spiro atoms. The number of nitrogens with zero attached hydrogens (tertiary/aromatic N) is 6. The van der Waals surface area contributed by atoms with E-state index < -0.39 is 5.91 Å². The van der Waals surface area contributed by atoms with E-state index in [-0.39, 0.29) is 18.1 Å². The molecule has 3 amide bonds. The second kappa shape index (κ2) is 8.20. The highest BCUT2D eigenvalue weighted by Crippen LogP contribution is 2.34. The van der Waals surface area contributed by atoms with Crippen LogP contribution >= 0.6 is 11.6 Å². The van der Waals surface area contributed by atoms with E-state index in [1.54, 1.807) is 57.8 Å². The van der Waals surface area contributed by atoms with Gasteiger partial charge in [-0.25, -0.2) is 4.79 Å². The molecule has 10 nitrogen and oxygen atoms in total. The number of aryl methyl sites for hydroxylation is 1. The van der Waals surface area contributed by atoms with Gasteiger partial charge in [0.15, 0.2) is 0 Å². The molecule has 0 atom stereocenters. The van der Waals surface area contributed by atoms with E-state index in [4.69, 9.17) is 22.6 Å². The predicted molar refractivity (Wildman–Crippen MR) is 126 cm³/mol.